The molecule has 1 N–H and O–H groups in total. The Morgan fingerprint density at radius 2 is 1.67 bits per heavy atom. The molecule has 0 heterocycles. The Labute approximate surface area is 38.6 Å². The first kappa shape index (κ1) is 5.84. The molecule has 36 valence electrons. The second-order valence-electron chi connectivity index (χ2n) is 0.521. The normalized spacial score (nSPS) is 10.8. The summed E-state index contributed by atoms with van der Waals surface area (Å²) in [6.45, 7) is 0. The minimum Gasteiger partial charge on any atom is -0.144 e. The van der Waals surface area contributed by atoms with Crippen molar-refractivity contribution in [3.8, 4) is 0 Å². The Hall–Kier alpha value is -0.160. The van der Waals surface area contributed by atoms with Gasteiger partial charge in [0, 0.05) is 4.91 Å². The average molecular weight is 131 g/mol. The number of hydrogen-bond acceptors (Lipinski definition) is 3. The molecule has 0 fully saturated rings. The Morgan fingerprint density at radius 1 is 1.50 bits per heavy atom. The molecule has 0 aliphatic carbocycles. The van der Waals surface area contributed by atoms with Crippen molar-refractivity contribution in [1.29, 1.82) is 0 Å². The largest absolute Gasteiger partial charge is 0.499 e. The summed E-state index contributed by atoms with van der Waals surface area (Å²) in [6.07, 6.45) is 0. The molecule has 0 saturated carbocycles. The van der Waals surface area contributed by atoms with Crippen LogP contribution in [0.1, 0.15) is 0 Å². The maximum atomic E-state index is 9.34. The van der Waals surface area contributed by atoms with Gasteiger partial charge in [0.25, 0.3) is 0 Å². The lowest BCUT2D eigenvalue weighted by atomic mass is 13.7. The van der Waals surface area contributed by atoms with E-state index in [2.05, 4.69) is 10.7 Å². The van der Waals surface area contributed by atoms with E-state index in [0.717, 1.165) is 0 Å². The molecule has 0 aromatic heterocycles. The van der Waals surface area contributed by atoms with Crippen LogP contribution in [-0.2, 0) is 9.24 Å². The Bertz CT molecular complexity index is 121. The number of nitroso groups, excluding NO2 is 1. The lowest BCUT2D eigenvalue weighted by Crippen LogP contribution is -2.65. The van der Waals surface area contributed by atoms with Crippen LogP contribution in [0, 0.1) is 4.91 Å². The first-order valence-corrected chi connectivity index (χ1v) is 3.21. The molecule has 0 aliphatic rings. The Kier molecular flexibility index (Phi) is 1.48. The number of rotatable bonds is 1. The first-order valence-electron chi connectivity index (χ1n) is 0.896. The van der Waals surface area contributed by atoms with Crippen LogP contribution in [0.25, 0.3) is 0 Å². The van der Waals surface area contributed by atoms with Gasteiger partial charge in [-0.25, -0.2) is 0 Å². The van der Waals surface area contributed by atoms with E-state index in [-0.39, 0.29) is 0 Å². The van der Waals surface area contributed by atoms with Crippen molar-refractivity contribution in [3.63, 3.8) is 0 Å². The fraction of sp³-hybridized carbons (Fsp3) is 0. The van der Waals surface area contributed by atoms with E-state index in [4.69, 9.17) is 4.91 Å². The third-order valence-electron chi connectivity index (χ3n) is 0.0995. The van der Waals surface area contributed by atoms with E-state index < -0.39 is 9.24 Å². The Balaban J connectivity index is 4.25. The molecule has 0 aliphatic heterocycles. The van der Waals surface area contributed by atoms with Crippen LogP contribution < -0.4 is 4.58 Å². The van der Waals surface area contributed by atoms with Crippen LogP contribution in [0.5, 0.6) is 0 Å². The van der Waals surface area contributed by atoms with Crippen LogP contribution >= 0.6 is 10.7 Å². The molecule has 6 heavy (non-hydrogen) atoms. The van der Waals surface area contributed by atoms with Gasteiger partial charge in [-0.3, -0.25) is 0 Å². The van der Waals surface area contributed by atoms with E-state index in [9.17, 15) is 8.42 Å². The van der Waals surface area contributed by atoms with Gasteiger partial charge >= 0.3 is 9.24 Å². The zero-order chi connectivity index (χ0) is 5.21. The summed E-state index contributed by atoms with van der Waals surface area (Å²) in [6, 6.07) is 0. The molecule has 6 heteroatoms. The summed E-state index contributed by atoms with van der Waals surface area (Å²) >= 11 is 0. The first-order chi connectivity index (χ1) is 2.56. The maximum Gasteiger partial charge on any atom is 0.499 e. The van der Waals surface area contributed by atoms with Crippen LogP contribution in [-0.4, -0.2) is 8.42 Å². The zero-order valence-corrected chi connectivity index (χ0v) is 4.08. The monoisotopic (exact) mass is 130 g/mol. The highest BCUT2D eigenvalue weighted by molar-refractivity contribution is 8.08. The minimum absolute atomic E-state index is 0.592. The van der Waals surface area contributed by atoms with Crippen molar-refractivity contribution >= 4 is 19.9 Å². The summed E-state index contributed by atoms with van der Waals surface area (Å²) in [4.78, 5) is 8.98. The van der Waals surface area contributed by atoms with E-state index in [0.29, 0.717) is 4.58 Å². The average Bonchev–Trinajstić information content (AvgIpc) is 1.35. The van der Waals surface area contributed by atoms with Gasteiger partial charge in [-0.15, -0.1) is 8.42 Å². The highest BCUT2D eigenvalue weighted by Crippen LogP contribution is 1.74. The number of halogens is 1. The van der Waals surface area contributed by atoms with Crippen molar-refractivity contribution < 1.29 is 13.0 Å². The van der Waals surface area contributed by atoms with Gasteiger partial charge in [0.15, 0.2) is 0 Å². The van der Waals surface area contributed by atoms with E-state index in [1.54, 1.807) is 0 Å². The summed E-state index contributed by atoms with van der Waals surface area (Å²) in [7, 11) is 0.271. The second kappa shape index (κ2) is 1.53. The summed E-state index contributed by atoms with van der Waals surface area (Å²) in [5, 5.41) is 0. The minimum atomic E-state index is -4.00. The van der Waals surface area contributed by atoms with Gasteiger partial charge in [-0.2, -0.15) is 0 Å². The molecule has 0 spiro atoms. The summed E-state index contributed by atoms with van der Waals surface area (Å²) in [5.41, 5.74) is 0. The molecule has 0 bridgehead atoms. The molecule has 4 nitrogen and oxygen atoms in total. The van der Waals surface area contributed by atoms with E-state index in [1.807, 2.05) is 0 Å². The molecule has 0 rings (SSSR count). The highest BCUT2D eigenvalue weighted by Gasteiger charge is 2.06. The van der Waals surface area contributed by atoms with Crippen LogP contribution in [0.15, 0.2) is 0 Å². The number of nitrogens with one attached hydrogen (secondary N) is 1. The maximum absolute atomic E-state index is 9.34. The molecule has 0 radical (unpaired) electrons. The molecule has 0 unspecified atom stereocenters. The van der Waals surface area contributed by atoms with Gasteiger partial charge in [0.1, 0.15) is 4.58 Å². The highest BCUT2D eigenvalue weighted by atomic mass is 35.7. The fourth-order valence-electron chi connectivity index (χ4n) is 0. The summed E-state index contributed by atoms with van der Waals surface area (Å²) < 4.78 is 19.3. The molecule has 0 aromatic carbocycles. The lowest BCUT2D eigenvalue weighted by Gasteiger charge is -1.55. The van der Waals surface area contributed by atoms with Crippen LogP contribution in [0.3, 0.4) is 0 Å². The topological polar surface area (TPSA) is 65.2 Å². The van der Waals surface area contributed by atoms with Gasteiger partial charge in [-0.05, 0) is 0 Å². The molecular formula is HClNO3S+. The van der Waals surface area contributed by atoms with Gasteiger partial charge in [0.2, 0.25) is 0 Å². The molecule has 0 aromatic rings. The third kappa shape index (κ3) is 3.84. The quantitative estimate of drug-likeness (QED) is 0.431. The third-order valence-corrected chi connectivity index (χ3v) is 0.488. The van der Waals surface area contributed by atoms with E-state index in [1.165, 1.54) is 0 Å². The molecule has 0 atom stereocenters. The Morgan fingerprint density at radius 3 is 1.67 bits per heavy atom. The van der Waals surface area contributed by atoms with Crippen LogP contribution in [0.4, 0.5) is 0 Å². The summed E-state index contributed by atoms with van der Waals surface area (Å²) in [5.74, 6) is 0. The smallest absolute Gasteiger partial charge is 0.144 e. The zero-order valence-electron chi connectivity index (χ0n) is 2.51. The predicted octanol–water partition coefficient (Wildman–Crippen LogP) is -1.68. The van der Waals surface area contributed by atoms with Crippen molar-refractivity contribution in [3.05, 3.63) is 4.91 Å². The van der Waals surface area contributed by atoms with Crippen molar-refractivity contribution in [2.45, 2.75) is 0 Å². The predicted molar refractivity (Wildman–Crippen MR) is 19.1 cm³/mol. The van der Waals surface area contributed by atoms with Crippen molar-refractivity contribution in [2.24, 2.45) is 0 Å². The van der Waals surface area contributed by atoms with Crippen molar-refractivity contribution in [1.82, 2.24) is 0 Å². The van der Waals surface area contributed by atoms with Gasteiger partial charge in [0.05, 0.1) is 10.7 Å². The van der Waals surface area contributed by atoms with Crippen LogP contribution in [0.2, 0.25) is 0 Å². The second-order valence-corrected chi connectivity index (χ2v) is 2.78. The fourth-order valence-corrected chi connectivity index (χ4v) is 0. The molecular weight excluding hydrogens is 130 g/mol. The molecule has 0 amide bonds. The lowest BCUT2D eigenvalue weighted by molar-refractivity contribution is -0.289. The number of hydrogen-bond donors (Lipinski definition) is 1. The standard InChI is InChI=1S/ClNO3S/c1-6(4,5)2-3/p+1. The van der Waals surface area contributed by atoms with E-state index >= 15 is 0 Å². The van der Waals surface area contributed by atoms with Gasteiger partial charge in [-0.1, -0.05) is 0 Å². The van der Waals surface area contributed by atoms with Crippen molar-refractivity contribution in [2.75, 3.05) is 0 Å². The van der Waals surface area contributed by atoms with Gasteiger partial charge < -0.3 is 0 Å². The molecule has 0 saturated heterocycles. The SMILES string of the molecule is O=[NH+]S(=O)(=O)Cl.